The van der Waals surface area contributed by atoms with Gasteiger partial charge in [-0.25, -0.2) is 9.18 Å². The first-order valence-electron chi connectivity index (χ1n) is 5.83. The topological polar surface area (TPSA) is 60.4 Å². The number of benzene rings is 2. The normalized spacial score (nSPS) is 16.2. The highest BCUT2D eigenvalue weighted by Crippen LogP contribution is 2.33. The van der Waals surface area contributed by atoms with E-state index in [9.17, 15) is 13.7 Å². The van der Waals surface area contributed by atoms with E-state index < -0.39 is 23.0 Å². The monoisotopic (exact) mass is 288 g/mol. The summed E-state index contributed by atoms with van der Waals surface area (Å²) in [5.41, 5.74) is 1.40. The Kier molecular flexibility index (Phi) is 3.08. The highest BCUT2D eigenvalue weighted by molar-refractivity contribution is 7.91. The summed E-state index contributed by atoms with van der Waals surface area (Å²) in [6.45, 7) is 0. The van der Waals surface area contributed by atoms with E-state index in [1.54, 1.807) is 24.3 Å². The Balaban J connectivity index is 2.21. The first-order chi connectivity index (χ1) is 9.56. The number of halogens is 1. The van der Waals surface area contributed by atoms with Gasteiger partial charge in [-0.3, -0.25) is 0 Å². The SMILES string of the molecule is O=C(O)c1ccc2c(c1)[S+]([O-])c1cc(F)ccc1C=C2. The van der Waals surface area contributed by atoms with Gasteiger partial charge in [-0.15, -0.1) is 0 Å². The number of rotatable bonds is 1. The van der Waals surface area contributed by atoms with E-state index in [0.29, 0.717) is 20.9 Å². The highest BCUT2D eigenvalue weighted by atomic mass is 32.2. The van der Waals surface area contributed by atoms with Crippen molar-refractivity contribution < 1.29 is 18.8 Å². The molecule has 20 heavy (non-hydrogen) atoms. The predicted octanol–water partition coefficient (Wildman–Crippen LogP) is 3.17. The molecule has 1 unspecified atom stereocenters. The van der Waals surface area contributed by atoms with E-state index in [4.69, 9.17) is 5.11 Å². The fourth-order valence-electron chi connectivity index (χ4n) is 2.07. The van der Waals surface area contributed by atoms with Crippen LogP contribution in [0.4, 0.5) is 4.39 Å². The van der Waals surface area contributed by atoms with Crippen molar-refractivity contribution in [1.29, 1.82) is 0 Å². The molecule has 0 bridgehead atoms. The number of hydrogen-bond donors (Lipinski definition) is 1. The fourth-order valence-corrected chi connectivity index (χ4v) is 3.46. The summed E-state index contributed by atoms with van der Waals surface area (Å²) < 4.78 is 25.9. The predicted molar refractivity (Wildman–Crippen MR) is 73.4 cm³/mol. The van der Waals surface area contributed by atoms with Crippen molar-refractivity contribution in [2.24, 2.45) is 0 Å². The molecule has 0 amide bonds. The van der Waals surface area contributed by atoms with Crippen LogP contribution in [0.15, 0.2) is 46.2 Å². The number of hydrogen-bond acceptors (Lipinski definition) is 2. The standard InChI is InChI=1S/C15H9FO3S/c16-12-6-5-10-2-1-9-3-4-11(15(17)18)7-13(9)20(19)14(10)8-12/h1-8H,(H,17,18). The van der Waals surface area contributed by atoms with Gasteiger partial charge >= 0.3 is 5.97 Å². The minimum absolute atomic E-state index is 0.0605. The number of aromatic carboxylic acids is 1. The summed E-state index contributed by atoms with van der Waals surface area (Å²) in [6, 6.07) is 8.52. The van der Waals surface area contributed by atoms with Gasteiger partial charge in [0.25, 0.3) is 0 Å². The minimum Gasteiger partial charge on any atom is -0.606 e. The summed E-state index contributed by atoms with van der Waals surface area (Å²) in [5.74, 6) is -1.55. The summed E-state index contributed by atoms with van der Waals surface area (Å²) in [7, 11) is 0. The lowest BCUT2D eigenvalue weighted by molar-refractivity contribution is 0.0696. The third kappa shape index (κ3) is 2.11. The molecule has 100 valence electrons. The van der Waals surface area contributed by atoms with Crippen LogP contribution < -0.4 is 0 Å². The van der Waals surface area contributed by atoms with Gasteiger partial charge in [0.2, 0.25) is 0 Å². The van der Waals surface area contributed by atoms with Crippen molar-refractivity contribution in [3.05, 3.63) is 58.9 Å². The molecule has 5 heteroatoms. The van der Waals surface area contributed by atoms with Gasteiger partial charge < -0.3 is 9.66 Å². The molecule has 0 spiro atoms. The first-order valence-corrected chi connectivity index (χ1v) is 6.98. The van der Waals surface area contributed by atoms with Gasteiger partial charge in [-0.2, -0.15) is 0 Å². The molecular weight excluding hydrogens is 279 g/mol. The van der Waals surface area contributed by atoms with Crippen molar-refractivity contribution in [1.82, 2.24) is 0 Å². The van der Waals surface area contributed by atoms with Crippen LogP contribution >= 0.6 is 0 Å². The number of fused-ring (bicyclic) bond motifs is 2. The lowest BCUT2D eigenvalue weighted by Crippen LogP contribution is -2.07. The molecule has 0 fully saturated rings. The van der Waals surface area contributed by atoms with Crippen molar-refractivity contribution >= 4 is 29.3 Å². The van der Waals surface area contributed by atoms with Crippen LogP contribution in [0.2, 0.25) is 0 Å². The Hall–Kier alpha value is -2.11. The van der Waals surface area contributed by atoms with Gasteiger partial charge in [0.1, 0.15) is 5.82 Å². The number of carboxylic acid groups (broad SMARTS) is 1. The largest absolute Gasteiger partial charge is 0.606 e. The molecule has 3 nitrogen and oxygen atoms in total. The van der Waals surface area contributed by atoms with Crippen LogP contribution in [0, 0.1) is 5.82 Å². The van der Waals surface area contributed by atoms with E-state index in [-0.39, 0.29) is 5.56 Å². The fraction of sp³-hybridized carbons (Fsp3) is 0. The van der Waals surface area contributed by atoms with E-state index in [2.05, 4.69) is 0 Å². The maximum atomic E-state index is 13.3. The summed E-state index contributed by atoms with van der Waals surface area (Å²) in [6.07, 6.45) is 3.50. The van der Waals surface area contributed by atoms with E-state index in [0.717, 1.165) is 0 Å². The Bertz CT molecular complexity index is 740. The molecule has 0 aliphatic carbocycles. The molecule has 0 saturated heterocycles. The Labute approximate surface area is 117 Å². The summed E-state index contributed by atoms with van der Waals surface area (Å²) >= 11 is -1.61. The molecule has 2 aromatic carbocycles. The highest BCUT2D eigenvalue weighted by Gasteiger charge is 2.25. The molecule has 3 rings (SSSR count). The maximum absolute atomic E-state index is 13.3. The zero-order chi connectivity index (χ0) is 14.3. The molecule has 1 heterocycles. The second-order valence-corrected chi connectivity index (χ2v) is 5.76. The summed E-state index contributed by atoms with van der Waals surface area (Å²) in [5, 5.41) is 9.01. The molecule has 2 aromatic rings. The number of carbonyl (C=O) groups is 1. The van der Waals surface area contributed by atoms with Gasteiger partial charge in [-0.1, -0.05) is 0 Å². The van der Waals surface area contributed by atoms with E-state index in [1.165, 1.54) is 24.3 Å². The zero-order valence-corrected chi connectivity index (χ0v) is 11.0. The number of carboxylic acids is 1. The molecular formula is C15H9FO3S. The van der Waals surface area contributed by atoms with E-state index in [1.807, 2.05) is 0 Å². The first kappa shape index (κ1) is 12.9. The molecule has 1 atom stereocenters. The molecule has 1 N–H and O–H groups in total. The minimum atomic E-state index is -1.61. The third-order valence-electron chi connectivity index (χ3n) is 3.08. The van der Waals surface area contributed by atoms with Crippen LogP contribution in [0.3, 0.4) is 0 Å². The van der Waals surface area contributed by atoms with Crippen LogP contribution in [0.25, 0.3) is 12.2 Å². The average molecular weight is 288 g/mol. The van der Waals surface area contributed by atoms with Gasteiger partial charge in [0, 0.05) is 34.4 Å². The molecule has 0 saturated carbocycles. The van der Waals surface area contributed by atoms with Crippen LogP contribution in [0.5, 0.6) is 0 Å². The van der Waals surface area contributed by atoms with Crippen molar-refractivity contribution in [2.75, 3.05) is 0 Å². The van der Waals surface area contributed by atoms with Crippen LogP contribution in [-0.2, 0) is 11.2 Å². The Morgan fingerprint density at radius 1 is 1.05 bits per heavy atom. The van der Waals surface area contributed by atoms with Gasteiger partial charge in [-0.05, 0) is 36.4 Å². The Morgan fingerprint density at radius 2 is 1.65 bits per heavy atom. The van der Waals surface area contributed by atoms with Crippen molar-refractivity contribution in [3.63, 3.8) is 0 Å². The zero-order valence-electron chi connectivity index (χ0n) is 10.2. The molecule has 0 aromatic heterocycles. The summed E-state index contributed by atoms with van der Waals surface area (Å²) in [4.78, 5) is 11.7. The average Bonchev–Trinajstić information content (AvgIpc) is 2.57. The quantitative estimate of drug-likeness (QED) is 0.820. The van der Waals surface area contributed by atoms with E-state index >= 15 is 0 Å². The lowest BCUT2D eigenvalue weighted by atomic mass is 10.1. The van der Waals surface area contributed by atoms with Crippen molar-refractivity contribution in [2.45, 2.75) is 9.79 Å². The van der Waals surface area contributed by atoms with Gasteiger partial charge in [0.15, 0.2) is 9.79 Å². The van der Waals surface area contributed by atoms with Gasteiger partial charge in [0.05, 0.1) is 5.56 Å². The van der Waals surface area contributed by atoms with Crippen molar-refractivity contribution in [3.8, 4) is 0 Å². The second-order valence-electron chi connectivity index (χ2n) is 4.34. The third-order valence-corrected chi connectivity index (χ3v) is 4.58. The Morgan fingerprint density at radius 3 is 2.30 bits per heavy atom. The molecule has 0 radical (unpaired) electrons. The molecule has 1 aliphatic rings. The maximum Gasteiger partial charge on any atom is 0.335 e. The van der Waals surface area contributed by atoms with Crippen LogP contribution in [-0.4, -0.2) is 15.6 Å². The smallest absolute Gasteiger partial charge is 0.335 e. The van der Waals surface area contributed by atoms with Crippen LogP contribution in [0.1, 0.15) is 21.5 Å². The second kappa shape index (κ2) is 4.77. The lowest BCUT2D eigenvalue weighted by Gasteiger charge is -2.12. The molecule has 1 aliphatic heterocycles.